The van der Waals surface area contributed by atoms with E-state index in [-0.39, 0.29) is 16.5 Å². The summed E-state index contributed by atoms with van der Waals surface area (Å²) < 4.78 is 24.4. The summed E-state index contributed by atoms with van der Waals surface area (Å²) >= 11 is 0. The fourth-order valence-corrected chi connectivity index (χ4v) is 3.44. The van der Waals surface area contributed by atoms with Crippen molar-refractivity contribution in [3.8, 4) is 5.88 Å². The number of aromatic hydroxyl groups is 1. The second-order valence-corrected chi connectivity index (χ2v) is 7.52. The molecule has 8 heteroatoms. The van der Waals surface area contributed by atoms with Crippen LogP contribution in [0.1, 0.15) is 5.56 Å². The highest BCUT2D eigenvalue weighted by atomic mass is 32.2. The molecule has 0 atom stereocenters. The Kier molecular flexibility index (Phi) is 4.37. The number of nitrogens with zero attached hydrogens (tertiary/aromatic N) is 2. The number of sulfone groups is 1. The predicted octanol–water partition coefficient (Wildman–Crippen LogP) is 3.27. The quantitative estimate of drug-likeness (QED) is 0.698. The standard InChI is InChI=1S/C17H15N3O4S/c1-11-6-8-12(9-7-11)25(23,24)10-15(21)19-20-16-13-4-2-3-5-14(13)18-17(16)22/h2-9,18,22H,10H2,1H3. The van der Waals surface area contributed by atoms with Crippen molar-refractivity contribution in [2.75, 3.05) is 5.75 Å². The van der Waals surface area contributed by atoms with Crippen LogP contribution >= 0.6 is 0 Å². The summed E-state index contributed by atoms with van der Waals surface area (Å²) in [5.74, 6) is -1.94. The van der Waals surface area contributed by atoms with E-state index in [9.17, 15) is 18.3 Å². The van der Waals surface area contributed by atoms with Crippen LogP contribution in [0.2, 0.25) is 0 Å². The Balaban J connectivity index is 1.81. The number of hydrogen-bond acceptors (Lipinski definition) is 5. The first-order chi connectivity index (χ1) is 11.9. The van der Waals surface area contributed by atoms with Crippen LogP contribution in [0.15, 0.2) is 63.7 Å². The van der Waals surface area contributed by atoms with Gasteiger partial charge in [-0.15, -0.1) is 10.2 Å². The molecular weight excluding hydrogens is 342 g/mol. The molecule has 7 nitrogen and oxygen atoms in total. The Morgan fingerprint density at radius 2 is 1.80 bits per heavy atom. The van der Waals surface area contributed by atoms with Gasteiger partial charge in [0.2, 0.25) is 5.88 Å². The molecule has 1 aromatic heterocycles. The number of aromatic nitrogens is 1. The van der Waals surface area contributed by atoms with Crippen molar-refractivity contribution in [3.63, 3.8) is 0 Å². The summed E-state index contributed by atoms with van der Waals surface area (Å²) in [5.41, 5.74) is 1.64. The molecule has 1 heterocycles. The maximum Gasteiger partial charge on any atom is 0.280 e. The normalized spacial score (nSPS) is 12.0. The third-order valence-electron chi connectivity index (χ3n) is 3.61. The molecule has 2 N–H and O–H groups in total. The number of aromatic amines is 1. The van der Waals surface area contributed by atoms with Gasteiger partial charge in [-0.25, -0.2) is 8.42 Å². The number of hydrogen-bond donors (Lipinski definition) is 2. The van der Waals surface area contributed by atoms with Crippen molar-refractivity contribution < 1.29 is 18.3 Å². The van der Waals surface area contributed by atoms with Gasteiger partial charge in [0.15, 0.2) is 15.5 Å². The average molecular weight is 357 g/mol. The number of azo groups is 1. The molecule has 0 fully saturated rings. The van der Waals surface area contributed by atoms with Crippen molar-refractivity contribution in [2.45, 2.75) is 11.8 Å². The minimum Gasteiger partial charge on any atom is -0.493 e. The number of rotatable bonds is 4. The Morgan fingerprint density at radius 3 is 2.52 bits per heavy atom. The number of fused-ring (bicyclic) bond motifs is 1. The molecule has 0 saturated carbocycles. The summed E-state index contributed by atoms with van der Waals surface area (Å²) in [5, 5.41) is 17.6. The largest absolute Gasteiger partial charge is 0.493 e. The van der Waals surface area contributed by atoms with Gasteiger partial charge in [0.25, 0.3) is 5.91 Å². The molecule has 3 rings (SSSR count). The zero-order valence-electron chi connectivity index (χ0n) is 13.3. The SMILES string of the molecule is Cc1ccc(S(=O)(=O)CC(=O)N=Nc2c(O)[nH]c3ccccc23)cc1. The third-order valence-corrected chi connectivity index (χ3v) is 5.23. The summed E-state index contributed by atoms with van der Waals surface area (Å²) in [7, 11) is -3.79. The van der Waals surface area contributed by atoms with E-state index in [4.69, 9.17) is 0 Å². The molecule has 0 aliphatic heterocycles. The van der Waals surface area contributed by atoms with Gasteiger partial charge in [-0.05, 0) is 25.1 Å². The van der Waals surface area contributed by atoms with Gasteiger partial charge in [0, 0.05) is 5.39 Å². The van der Waals surface area contributed by atoms with E-state index >= 15 is 0 Å². The van der Waals surface area contributed by atoms with Gasteiger partial charge in [0.05, 0.1) is 10.4 Å². The smallest absolute Gasteiger partial charge is 0.280 e. The van der Waals surface area contributed by atoms with Gasteiger partial charge in [0.1, 0.15) is 5.75 Å². The van der Waals surface area contributed by atoms with Crippen LogP contribution < -0.4 is 0 Å². The number of H-pyrrole nitrogens is 1. The van der Waals surface area contributed by atoms with E-state index in [1.165, 1.54) is 12.1 Å². The van der Waals surface area contributed by atoms with E-state index < -0.39 is 21.5 Å². The fourth-order valence-electron chi connectivity index (χ4n) is 2.34. The van der Waals surface area contributed by atoms with Crippen LogP contribution in [-0.4, -0.2) is 30.2 Å². The van der Waals surface area contributed by atoms with Gasteiger partial charge in [-0.2, -0.15) is 0 Å². The lowest BCUT2D eigenvalue weighted by molar-refractivity contribution is -0.115. The van der Waals surface area contributed by atoms with E-state index in [0.717, 1.165) is 5.56 Å². The number of benzene rings is 2. The number of amides is 1. The van der Waals surface area contributed by atoms with Crippen molar-refractivity contribution in [3.05, 3.63) is 54.1 Å². The first-order valence-corrected chi connectivity index (χ1v) is 9.06. The molecule has 0 saturated heterocycles. The molecular formula is C17H15N3O4S. The molecule has 0 radical (unpaired) electrons. The lowest BCUT2D eigenvalue weighted by Gasteiger charge is -2.01. The highest BCUT2D eigenvalue weighted by Crippen LogP contribution is 2.35. The lowest BCUT2D eigenvalue weighted by Crippen LogP contribution is -2.14. The zero-order valence-corrected chi connectivity index (χ0v) is 14.1. The summed E-state index contributed by atoms with van der Waals surface area (Å²) in [6, 6.07) is 13.2. The molecule has 3 aromatic rings. The van der Waals surface area contributed by atoms with Crippen LogP contribution in [0.3, 0.4) is 0 Å². The van der Waals surface area contributed by atoms with Gasteiger partial charge < -0.3 is 10.1 Å². The minimum atomic E-state index is -3.79. The van der Waals surface area contributed by atoms with E-state index in [1.54, 1.807) is 36.4 Å². The van der Waals surface area contributed by atoms with Crippen LogP contribution in [0.25, 0.3) is 10.9 Å². The minimum absolute atomic E-state index is 0.0524. The Hall–Kier alpha value is -3.00. The topological polar surface area (TPSA) is 112 Å². The molecule has 0 aliphatic carbocycles. The predicted molar refractivity (Wildman–Crippen MR) is 92.7 cm³/mol. The maximum atomic E-state index is 12.2. The summed E-state index contributed by atoms with van der Waals surface area (Å²) in [6.45, 7) is 1.84. The Morgan fingerprint density at radius 1 is 1.12 bits per heavy atom. The van der Waals surface area contributed by atoms with Crippen molar-refractivity contribution in [2.24, 2.45) is 10.2 Å². The van der Waals surface area contributed by atoms with Gasteiger partial charge >= 0.3 is 0 Å². The van der Waals surface area contributed by atoms with E-state index in [0.29, 0.717) is 10.9 Å². The first-order valence-electron chi connectivity index (χ1n) is 7.40. The monoisotopic (exact) mass is 357 g/mol. The molecule has 128 valence electrons. The molecule has 0 bridgehead atoms. The van der Waals surface area contributed by atoms with Crippen LogP contribution in [0.4, 0.5) is 5.69 Å². The molecule has 0 unspecified atom stereocenters. The maximum absolute atomic E-state index is 12.2. The second kappa shape index (κ2) is 6.48. The Labute approximate surface area is 144 Å². The lowest BCUT2D eigenvalue weighted by atomic mass is 10.2. The Bertz CT molecular complexity index is 1070. The average Bonchev–Trinajstić information content (AvgIpc) is 2.88. The highest BCUT2D eigenvalue weighted by Gasteiger charge is 2.19. The van der Waals surface area contributed by atoms with Gasteiger partial charge in [-0.3, -0.25) is 4.79 Å². The number of carbonyl (C=O) groups excluding carboxylic acids is 1. The molecule has 1 amide bonds. The van der Waals surface area contributed by atoms with E-state index in [2.05, 4.69) is 15.2 Å². The molecule has 2 aromatic carbocycles. The molecule has 0 spiro atoms. The van der Waals surface area contributed by atoms with Crippen molar-refractivity contribution >= 4 is 32.3 Å². The van der Waals surface area contributed by atoms with Crippen LogP contribution in [0, 0.1) is 6.92 Å². The van der Waals surface area contributed by atoms with Crippen LogP contribution in [0.5, 0.6) is 5.88 Å². The zero-order chi connectivity index (χ0) is 18.0. The third kappa shape index (κ3) is 3.58. The molecule has 0 aliphatic rings. The van der Waals surface area contributed by atoms with Crippen molar-refractivity contribution in [1.29, 1.82) is 0 Å². The summed E-state index contributed by atoms with van der Waals surface area (Å²) in [6.07, 6.45) is 0. The number of carbonyl (C=O) groups is 1. The highest BCUT2D eigenvalue weighted by molar-refractivity contribution is 7.92. The summed E-state index contributed by atoms with van der Waals surface area (Å²) in [4.78, 5) is 14.7. The first kappa shape index (κ1) is 16.8. The number of para-hydroxylation sites is 1. The number of aryl methyl sites for hydroxylation is 1. The van der Waals surface area contributed by atoms with Gasteiger partial charge in [-0.1, -0.05) is 35.9 Å². The van der Waals surface area contributed by atoms with Crippen molar-refractivity contribution in [1.82, 2.24) is 4.98 Å². The van der Waals surface area contributed by atoms with E-state index in [1.807, 2.05) is 6.92 Å². The fraction of sp³-hybridized carbons (Fsp3) is 0.118. The second-order valence-electron chi connectivity index (χ2n) is 5.53. The van der Waals surface area contributed by atoms with Crippen LogP contribution in [-0.2, 0) is 14.6 Å². The molecule has 25 heavy (non-hydrogen) atoms. The number of nitrogens with one attached hydrogen (secondary N) is 1.